The molecule has 0 N–H and O–H groups in total. The van der Waals surface area contributed by atoms with Crippen molar-refractivity contribution in [1.29, 1.82) is 0 Å². The maximum absolute atomic E-state index is 0. The predicted molar refractivity (Wildman–Crippen MR) is 13.3 cm³/mol. The van der Waals surface area contributed by atoms with Crippen molar-refractivity contribution in [3.63, 3.8) is 0 Å². The van der Waals surface area contributed by atoms with Crippen molar-refractivity contribution in [2.24, 2.45) is 0 Å². The third-order valence-electron chi connectivity index (χ3n) is 0. The quantitative estimate of drug-likeness (QED) is 0.290. The molecule has 0 aliphatic rings. The van der Waals surface area contributed by atoms with Crippen LogP contribution in [-0.2, 0) is 0 Å². The number of rotatable bonds is 0. The van der Waals surface area contributed by atoms with Crippen LogP contribution in [0.5, 0.6) is 0 Å². The normalized spacial score (nSPS) is 0. The summed E-state index contributed by atoms with van der Waals surface area (Å²) in [5, 5.41) is 0. The summed E-state index contributed by atoms with van der Waals surface area (Å²) in [7, 11) is 0. The van der Waals surface area contributed by atoms with Crippen LogP contribution in [0.25, 0.3) is 0 Å². The van der Waals surface area contributed by atoms with E-state index in [1.807, 2.05) is 0 Å². The summed E-state index contributed by atoms with van der Waals surface area (Å²) in [6, 6.07) is 0. The van der Waals surface area contributed by atoms with Crippen molar-refractivity contribution < 1.29 is 23.5 Å². The molecule has 6 heavy (non-hydrogen) atoms. The Balaban J connectivity index is 0. The molecule has 0 aromatic rings. The van der Waals surface area contributed by atoms with Gasteiger partial charge in [0.05, 0.1) is 0 Å². The van der Waals surface area contributed by atoms with Crippen LogP contribution in [0.1, 0.15) is 0 Å². The summed E-state index contributed by atoms with van der Waals surface area (Å²) in [4.78, 5) is 0. The Kier molecular flexibility index (Phi) is 3550. The van der Waals surface area contributed by atoms with Gasteiger partial charge in [-0.1, -0.05) is 0 Å². The van der Waals surface area contributed by atoms with E-state index in [4.69, 9.17) is 0 Å². The fraction of sp³-hybridized carbons (Fsp3) is 0. The number of hydrogen-bond donors (Lipinski definition) is 0. The molecule has 6 heteroatoms. The Labute approximate surface area is 71.6 Å². The fourth-order valence-corrected chi connectivity index (χ4v) is 0. The van der Waals surface area contributed by atoms with Gasteiger partial charge in [-0.15, -0.1) is 0 Å². The Hall–Kier alpha value is 1.22. The van der Waals surface area contributed by atoms with Gasteiger partial charge in [0.2, 0.25) is 0 Å². The second-order valence-electron chi connectivity index (χ2n) is 0. The van der Waals surface area contributed by atoms with Gasteiger partial charge in [-0.05, 0) is 0 Å². The molecule has 40 valence electrons. The van der Waals surface area contributed by atoms with Gasteiger partial charge < -0.3 is 9.41 Å². The zero-order valence-corrected chi connectivity index (χ0v) is 7.13. The minimum atomic E-state index is 0. The molecule has 0 aromatic carbocycles. The molecule has 0 nitrogen and oxygen atoms in total. The molecule has 0 aliphatic carbocycles. The molecule has 0 amide bonds. The zero-order chi connectivity index (χ0) is 0. The number of halogens is 5. The summed E-state index contributed by atoms with van der Waals surface area (Å²) < 4.78 is 0. The van der Waals surface area contributed by atoms with E-state index in [9.17, 15) is 0 Å². The van der Waals surface area contributed by atoms with Gasteiger partial charge in [-0.3, -0.25) is 14.1 Å². The summed E-state index contributed by atoms with van der Waals surface area (Å²) >= 11 is 0. The SMILES string of the molecule is F.F.F.[Ba+2].[F-].[F-]. The molecular formula is H3BaF5. The fourth-order valence-electron chi connectivity index (χ4n) is 0. The Bertz CT molecular complexity index is 3.90. The van der Waals surface area contributed by atoms with Crippen LogP contribution in [-0.4, -0.2) is 48.9 Å². The van der Waals surface area contributed by atoms with E-state index in [1.54, 1.807) is 0 Å². The molecule has 0 saturated carbocycles. The summed E-state index contributed by atoms with van der Waals surface area (Å²) in [6.07, 6.45) is 0. The van der Waals surface area contributed by atoms with Crippen molar-refractivity contribution >= 4 is 48.9 Å². The van der Waals surface area contributed by atoms with Crippen LogP contribution in [0.15, 0.2) is 0 Å². The molecule has 0 atom stereocenters. The van der Waals surface area contributed by atoms with E-state index in [0.29, 0.717) is 0 Å². The van der Waals surface area contributed by atoms with Gasteiger partial charge in [0, 0.05) is 0 Å². The third kappa shape index (κ3) is 62.4. The largest absolute Gasteiger partial charge is 2.00 e. The van der Waals surface area contributed by atoms with Gasteiger partial charge in [0.15, 0.2) is 0 Å². The first kappa shape index (κ1) is 187. The minimum absolute atomic E-state index is 0. The maximum Gasteiger partial charge on any atom is 2.00 e. The van der Waals surface area contributed by atoms with E-state index in [-0.39, 0.29) is 72.4 Å². The second-order valence-corrected chi connectivity index (χ2v) is 0. The molecule has 0 fully saturated rings. The third-order valence-corrected chi connectivity index (χ3v) is 0. The first-order valence-corrected chi connectivity index (χ1v) is 0. The summed E-state index contributed by atoms with van der Waals surface area (Å²) in [5.41, 5.74) is 0. The Morgan fingerprint density at radius 3 is 0.500 bits per heavy atom. The Morgan fingerprint density at radius 1 is 0.500 bits per heavy atom. The maximum atomic E-state index is 0. The van der Waals surface area contributed by atoms with Gasteiger partial charge in [-0.2, -0.15) is 0 Å². The van der Waals surface area contributed by atoms with E-state index >= 15 is 0 Å². The molecule has 0 heterocycles. The average Bonchev–Trinajstić information content (AvgIpc) is 0. The monoisotopic (exact) mass is 236 g/mol. The van der Waals surface area contributed by atoms with Crippen LogP contribution in [0.3, 0.4) is 0 Å². The van der Waals surface area contributed by atoms with Gasteiger partial charge in [0.1, 0.15) is 0 Å². The van der Waals surface area contributed by atoms with Crippen molar-refractivity contribution in [2.75, 3.05) is 0 Å². The molecule has 0 rings (SSSR count). The van der Waals surface area contributed by atoms with Crippen molar-refractivity contribution in [3.8, 4) is 0 Å². The molecular weight excluding hydrogens is 232 g/mol. The molecule has 0 saturated heterocycles. The summed E-state index contributed by atoms with van der Waals surface area (Å²) in [5.74, 6) is 0. The molecule has 0 unspecified atom stereocenters. The standard InChI is InChI=1S/Ba.5FH/h;5*1H/q+2;;;;;/p-2. The first-order chi connectivity index (χ1) is 0. The first-order valence-electron chi connectivity index (χ1n) is 0. The molecule has 0 aromatic heterocycles. The van der Waals surface area contributed by atoms with E-state index in [2.05, 4.69) is 0 Å². The number of hydrogen-bond acceptors (Lipinski definition) is 0. The van der Waals surface area contributed by atoms with Crippen LogP contribution in [0.4, 0.5) is 14.1 Å². The summed E-state index contributed by atoms with van der Waals surface area (Å²) in [6.45, 7) is 0. The smallest absolute Gasteiger partial charge is 1.00 e. The molecule has 0 radical (unpaired) electrons. The van der Waals surface area contributed by atoms with E-state index < -0.39 is 0 Å². The van der Waals surface area contributed by atoms with Gasteiger partial charge >= 0.3 is 48.9 Å². The van der Waals surface area contributed by atoms with Crippen molar-refractivity contribution in [2.45, 2.75) is 0 Å². The second kappa shape index (κ2) is 114. The van der Waals surface area contributed by atoms with Crippen LogP contribution >= 0.6 is 0 Å². The minimum Gasteiger partial charge on any atom is -1.00 e. The van der Waals surface area contributed by atoms with Crippen LogP contribution in [0.2, 0.25) is 0 Å². The van der Waals surface area contributed by atoms with Gasteiger partial charge in [-0.25, -0.2) is 0 Å². The van der Waals surface area contributed by atoms with Crippen LogP contribution in [0, 0.1) is 0 Å². The zero-order valence-electron chi connectivity index (χ0n) is 2.69. The average molecular weight is 235 g/mol. The molecule has 0 bridgehead atoms. The van der Waals surface area contributed by atoms with Crippen molar-refractivity contribution in [3.05, 3.63) is 0 Å². The Morgan fingerprint density at radius 2 is 0.500 bits per heavy atom. The van der Waals surface area contributed by atoms with Crippen LogP contribution < -0.4 is 9.41 Å². The molecule has 0 spiro atoms. The van der Waals surface area contributed by atoms with Gasteiger partial charge in [0.25, 0.3) is 0 Å². The predicted octanol–water partition coefficient (Wildman–Crippen LogP) is -5.92. The van der Waals surface area contributed by atoms with E-state index in [0.717, 1.165) is 0 Å². The topological polar surface area (TPSA) is 0 Å². The van der Waals surface area contributed by atoms with E-state index in [1.165, 1.54) is 0 Å². The molecule has 0 aliphatic heterocycles. The van der Waals surface area contributed by atoms with Crippen molar-refractivity contribution in [1.82, 2.24) is 0 Å².